The maximum atomic E-state index is 13.2. The number of nitrogens with two attached hydrogens (primary N) is 1. The third-order valence-corrected chi connectivity index (χ3v) is 3.50. The van der Waals surface area contributed by atoms with Crippen molar-refractivity contribution in [1.29, 1.82) is 0 Å². The number of halogens is 3. The summed E-state index contributed by atoms with van der Waals surface area (Å²) in [6.07, 6.45) is 0.217. The molecule has 0 aromatic heterocycles. The van der Waals surface area contributed by atoms with Crippen LogP contribution in [0.2, 0.25) is 5.02 Å². The molecule has 2 aromatic rings. The van der Waals surface area contributed by atoms with Crippen LogP contribution in [-0.4, -0.2) is 6.04 Å². The Kier molecular flexibility index (Phi) is 5.15. The molecule has 0 fully saturated rings. The van der Waals surface area contributed by atoms with Crippen LogP contribution >= 0.6 is 11.6 Å². The van der Waals surface area contributed by atoms with E-state index < -0.39 is 11.9 Å². The van der Waals surface area contributed by atoms with Gasteiger partial charge in [-0.25, -0.2) is 8.78 Å². The molecule has 0 aliphatic rings. The molecule has 2 nitrogen and oxygen atoms in total. The number of ether oxygens (including phenoxy) is 1. The zero-order chi connectivity index (χ0) is 15.4. The highest BCUT2D eigenvalue weighted by Gasteiger charge is 2.21. The van der Waals surface area contributed by atoms with E-state index in [0.717, 1.165) is 5.56 Å². The summed E-state index contributed by atoms with van der Waals surface area (Å²) >= 11 is 5.74. The second-order valence-corrected chi connectivity index (χ2v) is 5.15. The van der Waals surface area contributed by atoms with Gasteiger partial charge in [0.15, 0.2) is 0 Å². The molecule has 2 rings (SSSR count). The van der Waals surface area contributed by atoms with Gasteiger partial charge in [-0.15, -0.1) is 0 Å². The Hall–Kier alpha value is -1.65. The van der Waals surface area contributed by atoms with Crippen LogP contribution in [0.3, 0.4) is 0 Å². The van der Waals surface area contributed by atoms with Crippen LogP contribution in [0.25, 0.3) is 0 Å². The molecule has 0 aliphatic carbocycles. The molecule has 0 saturated heterocycles. The predicted molar refractivity (Wildman–Crippen MR) is 79.4 cm³/mol. The van der Waals surface area contributed by atoms with Crippen LogP contribution in [0, 0.1) is 11.6 Å². The molecule has 0 spiro atoms. The Morgan fingerprint density at radius 3 is 2.38 bits per heavy atom. The summed E-state index contributed by atoms with van der Waals surface area (Å²) in [4.78, 5) is 0. The maximum Gasteiger partial charge on any atom is 0.142 e. The Morgan fingerprint density at radius 2 is 1.81 bits per heavy atom. The second-order valence-electron chi connectivity index (χ2n) is 4.74. The normalized spacial score (nSPS) is 13.8. The van der Waals surface area contributed by atoms with E-state index in [1.54, 1.807) is 12.1 Å². The van der Waals surface area contributed by atoms with Gasteiger partial charge in [-0.3, -0.25) is 0 Å². The van der Waals surface area contributed by atoms with Gasteiger partial charge in [0.1, 0.15) is 23.5 Å². The number of rotatable bonds is 5. The molecule has 0 saturated carbocycles. The summed E-state index contributed by atoms with van der Waals surface area (Å²) in [5.74, 6) is -0.422. The van der Waals surface area contributed by atoms with Gasteiger partial charge in [0.25, 0.3) is 0 Å². The summed E-state index contributed by atoms with van der Waals surface area (Å²) < 4.78 is 32.0. The van der Waals surface area contributed by atoms with Crippen molar-refractivity contribution in [1.82, 2.24) is 0 Å². The van der Waals surface area contributed by atoms with Gasteiger partial charge in [-0.1, -0.05) is 30.7 Å². The first-order valence-corrected chi connectivity index (χ1v) is 7.01. The highest BCUT2D eigenvalue weighted by Crippen LogP contribution is 2.28. The Labute approximate surface area is 127 Å². The molecule has 5 heteroatoms. The summed E-state index contributed by atoms with van der Waals surface area (Å²) in [6.45, 7) is 1.93. The van der Waals surface area contributed by atoms with Crippen LogP contribution < -0.4 is 10.5 Å². The highest BCUT2D eigenvalue weighted by atomic mass is 35.5. The quantitative estimate of drug-likeness (QED) is 0.884. The van der Waals surface area contributed by atoms with E-state index in [1.165, 1.54) is 30.3 Å². The topological polar surface area (TPSA) is 35.2 Å². The van der Waals surface area contributed by atoms with E-state index in [1.807, 2.05) is 6.92 Å². The van der Waals surface area contributed by atoms with E-state index in [4.69, 9.17) is 22.1 Å². The lowest BCUT2D eigenvalue weighted by Crippen LogP contribution is -2.31. The van der Waals surface area contributed by atoms with Crippen LogP contribution in [0.5, 0.6) is 5.75 Å². The van der Waals surface area contributed by atoms with Gasteiger partial charge in [-0.05, 0) is 36.2 Å². The van der Waals surface area contributed by atoms with Crippen molar-refractivity contribution < 1.29 is 13.5 Å². The Bertz CT molecular complexity index is 604. The molecule has 0 bridgehead atoms. The first kappa shape index (κ1) is 15.7. The Balaban J connectivity index is 2.28. The van der Waals surface area contributed by atoms with Crippen LogP contribution in [0.4, 0.5) is 8.78 Å². The minimum Gasteiger partial charge on any atom is -0.484 e. The molecule has 0 aliphatic heterocycles. The van der Waals surface area contributed by atoms with Gasteiger partial charge in [0.2, 0.25) is 0 Å². The first-order chi connectivity index (χ1) is 10.0. The van der Waals surface area contributed by atoms with Gasteiger partial charge in [-0.2, -0.15) is 0 Å². The molecule has 0 amide bonds. The SMILES string of the molecule is CCC(N)C(Oc1ccc(F)c(Cl)c1)c1ccc(F)cc1. The molecule has 2 N–H and O–H groups in total. The fourth-order valence-electron chi connectivity index (χ4n) is 1.97. The molecule has 112 valence electrons. The zero-order valence-corrected chi connectivity index (χ0v) is 12.3. The first-order valence-electron chi connectivity index (χ1n) is 6.64. The van der Waals surface area contributed by atoms with E-state index in [9.17, 15) is 8.78 Å². The Morgan fingerprint density at radius 1 is 1.14 bits per heavy atom. The van der Waals surface area contributed by atoms with E-state index in [-0.39, 0.29) is 16.9 Å². The van der Waals surface area contributed by atoms with E-state index in [0.29, 0.717) is 12.2 Å². The third-order valence-electron chi connectivity index (χ3n) is 3.21. The van der Waals surface area contributed by atoms with Crippen molar-refractivity contribution in [3.63, 3.8) is 0 Å². The minimum absolute atomic E-state index is 0.0181. The zero-order valence-electron chi connectivity index (χ0n) is 11.5. The fraction of sp³-hybridized carbons (Fsp3) is 0.250. The van der Waals surface area contributed by atoms with E-state index >= 15 is 0 Å². The van der Waals surface area contributed by atoms with Gasteiger partial charge in [0, 0.05) is 12.1 Å². The summed E-state index contributed by atoms with van der Waals surface area (Å²) in [5, 5.41) is -0.0181. The van der Waals surface area contributed by atoms with Crippen LogP contribution in [0.15, 0.2) is 42.5 Å². The number of benzene rings is 2. The molecule has 2 aromatic carbocycles. The number of hydrogen-bond acceptors (Lipinski definition) is 2. The molecule has 0 heterocycles. The van der Waals surface area contributed by atoms with Crippen molar-refractivity contribution in [3.05, 3.63) is 64.7 Å². The van der Waals surface area contributed by atoms with Crippen molar-refractivity contribution in [2.45, 2.75) is 25.5 Å². The largest absolute Gasteiger partial charge is 0.484 e. The summed E-state index contributed by atoms with van der Waals surface area (Å²) in [6, 6.07) is 9.80. The fourth-order valence-corrected chi connectivity index (χ4v) is 2.14. The molecular weight excluding hydrogens is 296 g/mol. The average molecular weight is 312 g/mol. The van der Waals surface area contributed by atoms with Gasteiger partial charge in [0.05, 0.1) is 5.02 Å². The molecule has 21 heavy (non-hydrogen) atoms. The molecule has 2 atom stereocenters. The predicted octanol–water partition coefficient (Wildman–Crippen LogP) is 4.48. The standard InChI is InChI=1S/C16H16ClF2NO/c1-2-15(20)16(10-3-5-11(18)6-4-10)21-12-7-8-14(19)13(17)9-12/h3-9,15-16H,2,20H2,1H3. The third kappa shape index (κ3) is 3.93. The lowest BCUT2D eigenvalue weighted by atomic mass is 10.0. The highest BCUT2D eigenvalue weighted by molar-refractivity contribution is 6.30. The summed E-state index contributed by atoms with van der Waals surface area (Å²) in [5.41, 5.74) is 6.83. The molecule has 2 unspecified atom stereocenters. The average Bonchev–Trinajstić information content (AvgIpc) is 2.48. The van der Waals surface area contributed by atoms with Crippen LogP contribution in [0.1, 0.15) is 25.0 Å². The smallest absolute Gasteiger partial charge is 0.142 e. The van der Waals surface area contributed by atoms with Crippen molar-refractivity contribution in [2.75, 3.05) is 0 Å². The lowest BCUT2D eigenvalue weighted by Gasteiger charge is -2.25. The van der Waals surface area contributed by atoms with E-state index in [2.05, 4.69) is 0 Å². The number of hydrogen-bond donors (Lipinski definition) is 1. The minimum atomic E-state index is -0.512. The van der Waals surface area contributed by atoms with Gasteiger partial charge < -0.3 is 10.5 Å². The maximum absolute atomic E-state index is 13.2. The van der Waals surface area contributed by atoms with Crippen molar-refractivity contribution in [3.8, 4) is 5.75 Å². The molecule has 0 radical (unpaired) electrons. The monoisotopic (exact) mass is 311 g/mol. The van der Waals surface area contributed by atoms with Crippen molar-refractivity contribution in [2.24, 2.45) is 5.73 Å². The lowest BCUT2D eigenvalue weighted by molar-refractivity contribution is 0.171. The van der Waals surface area contributed by atoms with Crippen molar-refractivity contribution >= 4 is 11.6 Å². The van der Waals surface area contributed by atoms with Gasteiger partial charge >= 0.3 is 0 Å². The second kappa shape index (κ2) is 6.87. The van der Waals surface area contributed by atoms with Crippen LogP contribution in [-0.2, 0) is 0 Å². The summed E-state index contributed by atoms with van der Waals surface area (Å²) in [7, 11) is 0. The molecular formula is C16H16ClF2NO.